The zero-order valence-corrected chi connectivity index (χ0v) is 9.06. The molecule has 0 saturated carbocycles. The quantitative estimate of drug-likeness (QED) is 0.806. The monoisotopic (exact) mass is 227 g/mol. The van der Waals surface area contributed by atoms with Gasteiger partial charge in [0.05, 0.1) is 11.8 Å². The van der Waals surface area contributed by atoms with Gasteiger partial charge in [0.1, 0.15) is 17.5 Å². The lowest BCUT2D eigenvalue weighted by molar-refractivity contribution is 0.102. The average Bonchev–Trinajstić information content (AvgIpc) is 2.77. The predicted molar refractivity (Wildman–Crippen MR) is 60.2 cm³/mol. The summed E-state index contributed by atoms with van der Waals surface area (Å²) in [7, 11) is 0. The van der Waals surface area contributed by atoms with Gasteiger partial charge in [-0.3, -0.25) is 14.9 Å². The number of H-pyrrole nitrogens is 1. The van der Waals surface area contributed by atoms with E-state index < -0.39 is 0 Å². The molecule has 2 N–H and O–H groups in total. The van der Waals surface area contributed by atoms with E-state index >= 15 is 0 Å². The third kappa shape index (κ3) is 2.29. The fourth-order valence-corrected chi connectivity index (χ4v) is 1.25. The van der Waals surface area contributed by atoms with Crippen molar-refractivity contribution in [2.24, 2.45) is 0 Å². The van der Waals surface area contributed by atoms with Crippen LogP contribution in [0.1, 0.15) is 21.6 Å². The van der Waals surface area contributed by atoms with Crippen LogP contribution in [0.25, 0.3) is 0 Å². The van der Waals surface area contributed by atoms with Crippen molar-refractivity contribution < 1.29 is 4.79 Å². The summed E-state index contributed by atoms with van der Waals surface area (Å²) in [6, 6.07) is 5.33. The highest BCUT2D eigenvalue weighted by Crippen LogP contribution is 2.10. The van der Waals surface area contributed by atoms with Gasteiger partial charge < -0.3 is 5.32 Å². The maximum absolute atomic E-state index is 11.8. The Balaban J connectivity index is 2.18. The standard InChI is InChI=1S/C11H9N5O/c1-7-2-3-8(5-13-7)11(17)15-10-9(4-12)6-14-16-10/h2-3,5-6H,1H3,(H2,14,15,16,17). The van der Waals surface area contributed by atoms with E-state index in [1.807, 2.05) is 13.0 Å². The van der Waals surface area contributed by atoms with Crippen molar-refractivity contribution in [3.05, 3.63) is 41.3 Å². The second kappa shape index (κ2) is 4.45. The number of amides is 1. The predicted octanol–water partition coefficient (Wildman–Crippen LogP) is 1.24. The molecular weight excluding hydrogens is 218 g/mol. The van der Waals surface area contributed by atoms with E-state index in [1.54, 1.807) is 12.1 Å². The van der Waals surface area contributed by atoms with Crippen LogP contribution in [0.4, 0.5) is 5.82 Å². The van der Waals surface area contributed by atoms with Crippen molar-refractivity contribution in [2.45, 2.75) is 6.92 Å². The molecule has 0 aliphatic carbocycles. The van der Waals surface area contributed by atoms with Gasteiger partial charge in [-0.1, -0.05) is 0 Å². The van der Waals surface area contributed by atoms with Gasteiger partial charge in [0.25, 0.3) is 5.91 Å². The van der Waals surface area contributed by atoms with Crippen LogP contribution >= 0.6 is 0 Å². The Bertz CT molecular complexity index is 579. The summed E-state index contributed by atoms with van der Waals surface area (Å²) in [5.41, 5.74) is 1.55. The Kier molecular flexibility index (Phi) is 2.83. The number of nitrogens with one attached hydrogen (secondary N) is 2. The molecule has 2 aromatic rings. The van der Waals surface area contributed by atoms with Crippen LogP contribution in [-0.2, 0) is 0 Å². The highest BCUT2D eigenvalue weighted by Gasteiger charge is 2.10. The second-order valence-electron chi connectivity index (χ2n) is 3.41. The molecule has 2 heterocycles. The summed E-state index contributed by atoms with van der Waals surface area (Å²) >= 11 is 0. The first-order valence-electron chi connectivity index (χ1n) is 4.88. The number of rotatable bonds is 2. The molecule has 0 fully saturated rings. The van der Waals surface area contributed by atoms with Crippen LogP contribution < -0.4 is 5.32 Å². The highest BCUT2D eigenvalue weighted by molar-refractivity contribution is 6.04. The van der Waals surface area contributed by atoms with E-state index in [1.165, 1.54) is 12.4 Å². The number of pyridine rings is 1. The number of aromatic amines is 1. The van der Waals surface area contributed by atoms with Crippen LogP contribution in [0.5, 0.6) is 0 Å². The van der Waals surface area contributed by atoms with Crippen LogP contribution in [0.2, 0.25) is 0 Å². The Morgan fingerprint density at radius 3 is 2.94 bits per heavy atom. The lowest BCUT2D eigenvalue weighted by Crippen LogP contribution is -2.13. The Hall–Kier alpha value is -2.68. The normalized spacial score (nSPS) is 9.65. The van der Waals surface area contributed by atoms with E-state index in [2.05, 4.69) is 20.5 Å². The third-order valence-corrected chi connectivity index (χ3v) is 2.17. The van der Waals surface area contributed by atoms with E-state index in [0.717, 1.165) is 5.69 Å². The number of aromatic nitrogens is 3. The summed E-state index contributed by atoms with van der Waals surface area (Å²) in [5.74, 6) is -0.0451. The molecule has 1 amide bonds. The van der Waals surface area contributed by atoms with Gasteiger partial charge in [0.2, 0.25) is 0 Å². The molecule has 0 aromatic carbocycles. The summed E-state index contributed by atoms with van der Waals surface area (Å²) in [6.45, 7) is 1.84. The molecule has 17 heavy (non-hydrogen) atoms. The first kappa shape index (κ1) is 10.8. The Labute approximate surface area is 97.3 Å². The zero-order chi connectivity index (χ0) is 12.3. The molecule has 0 radical (unpaired) electrons. The van der Waals surface area contributed by atoms with E-state index in [-0.39, 0.29) is 11.7 Å². The van der Waals surface area contributed by atoms with Gasteiger partial charge in [0, 0.05) is 11.9 Å². The highest BCUT2D eigenvalue weighted by atomic mass is 16.1. The first-order chi connectivity index (χ1) is 8.20. The van der Waals surface area contributed by atoms with Crippen molar-refractivity contribution >= 4 is 11.7 Å². The molecule has 0 bridgehead atoms. The number of nitrogens with zero attached hydrogens (tertiary/aromatic N) is 3. The minimum Gasteiger partial charge on any atom is -0.306 e. The number of aryl methyl sites for hydroxylation is 1. The van der Waals surface area contributed by atoms with E-state index in [9.17, 15) is 4.79 Å². The van der Waals surface area contributed by atoms with Gasteiger partial charge in [-0.05, 0) is 19.1 Å². The molecular formula is C11H9N5O. The largest absolute Gasteiger partial charge is 0.306 e. The number of hydrogen-bond acceptors (Lipinski definition) is 4. The van der Waals surface area contributed by atoms with Gasteiger partial charge in [-0.2, -0.15) is 10.4 Å². The maximum Gasteiger partial charge on any atom is 0.258 e. The van der Waals surface area contributed by atoms with Crippen LogP contribution in [0.3, 0.4) is 0 Å². The van der Waals surface area contributed by atoms with Crippen LogP contribution in [-0.4, -0.2) is 21.1 Å². The zero-order valence-electron chi connectivity index (χ0n) is 9.06. The summed E-state index contributed by atoms with van der Waals surface area (Å²) < 4.78 is 0. The number of anilines is 1. The smallest absolute Gasteiger partial charge is 0.258 e. The van der Waals surface area contributed by atoms with Crippen LogP contribution in [0.15, 0.2) is 24.5 Å². The molecule has 0 spiro atoms. The van der Waals surface area contributed by atoms with Crippen LogP contribution in [0, 0.1) is 18.3 Å². The third-order valence-electron chi connectivity index (χ3n) is 2.17. The molecule has 0 atom stereocenters. The summed E-state index contributed by atoms with van der Waals surface area (Å²) in [6.07, 6.45) is 2.83. The number of carbonyl (C=O) groups is 1. The summed E-state index contributed by atoms with van der Waals surface area (Å²) in [5, 5.41) is 17.5. The molecule has 84 valence electrons. The fourth-order valence-electron chi connectivity index (χ4n) is 1.25. The van der Waals surface area contributed by atoms with Crippen molar-refractivity contribution in [3.63, 3.8) is 0 Å². The second-order valence-corrected chi connectivity index (χ2v) is 3.41. The van der Waals surface area contributed by atoms with Crippen molar-refractivity contribution in [3.8, 4) is 6.07 Å². The van der Waals surface area contributed by atoms with Gasteiger partial charge in [-0.15, -0.1) is 0 Å². The molecule has 6 heteroatoms. The lowest BCUT2D eigenvalue weighted by Gasteiger charge is -2.02. The Morgan fingerprint density at radius 1 is 1.47 bits per heavy atom. The van der Waals surface area contributed by atoms with Gasteiger partial charge in [-0.25, -0.2) is 0 Å². The SMILES string of the molecule is Cc1ccc(C(=O)Nc2[nH]ncc2C#N)cn1. The fraction of sp³-hybridized carbons (Fsp3) is 0.0909. The molecule has 0 saturated heterocycles. The van der Waals surface area contributed by atoms with Gasteiger partial charge in [0.15, 0.2) is 0 Å². The molecule has 0 aliphatic heterocycles. The minimum absolute atomic E-state index is 0.290. The molecule has 2 aromatic heterocycles. The minimum atomic E-state index is -0.335. The first-order valence-corrected chi connectivity index (χ1v) is 4.88. The van der Waals surface area contributed by atoms with Crippen molar-refractivity contribution in [1.29, 1.82) is 5.26 Å². The molecule has 2 rings (SSSR count). The average molecular weight is 227 g/mol. The molecule has 6 nitrogen and oxygen atoms in total. The number of carbonyl (C=O) groups excluding carboxylic acids is 1. The topological polar surface area (TPSA) is 94.5 Å². The van der Waals surface area contributed by atoms with E-state index in [4.69, 9.17) is 5.26 Å². The molecule has 0 aliphatic rings. The lowest BCUT2D eigenvalue weighted by atomic mass is 10.2. The number of hydrogen-bond donors (Lipinski definition) is 2. The summed E-state index contributed by atoms with van der Waals surface area (Å²) in [4.78, 5) is 15.8. The van der Waals surface area contributed by atoms with Crippen molar-refractivity contribution in [2.75, 3.05) is 5.32 Å². The number of nitriles is 1. The Morgan fingerprint density at radius 2 is 2.29 bits per heavy atom. The molecule has 0 unspecified atom stereocenters. The van der Waals surface area contributed by atoms with Crippen molar-refractivity contribution in [1.82, 2.24) is 15.2 Å². The maximum atomic E-state index is 11.8. The van der Waals surface area contributed by atoms with Gasteiger partial charge >= 0.3 is 0 Å². The van der Waals surface area contributed by atoms with E-state index in [0.29, 0.717) is 11.1 Å².